The van der Waals surface area contributed by atoms with E-state index in [1.165, 1.54) is 0 Å². The lowest BCUT2D eigenvalue weighted by atomic mass is 10.0. The third kappa shape index (κ3) is 2.28. The zero-order valence-electron chi connectivity index (χ0n) is 10.1. The van der Waals surface area contributed by atoms with E-state index in [0.717, 1.165) is 17.2 Å². The highest BCUT2D eigenvalue weighted by Gasteiger charge is 2.18. The molecular formula is C13H16N2O3. The molecule has 0 amide bonds. The lowest BCUT2D eigenvalue weighted by Crippen LogP contribution is -2.29. The summed E-state index contributed by atoms with van der Waals surface area (Å²) in [4.78, 5) is 13.7. The molecule has 18 heavy (non-hydrogen) atoms. The van der Waals surface area contributed by atoms with Gasteiger partial charge in [-0.05, 0) is 18.7 Å². The number of hydrogen-bond acceptors (Lipinski definition) is 4. The Bertz CT molecular complexity index is 550. The van der Waals surface area contributed by atoms with E-state index in [-0.39, 0.29) is 0 Å². The molecule has 2 unspecified atom stereocenters. The second-order valence-corrected chi connectivity index (χ2v) is 4.24. The second kappa shape index (κ2) is 5.30. The molecule has 2 aromatic rings. The summed E-state index contributed by atoms with van der Waals surface area (Å²) in [5.41, 5.74) is 1.97. The Morgan fingerprint density at radius 2 is 2.22 bits per heavy atom. The molecule has 0 fully saturated rings. The molecule has 2 atom stereocenters. The van der Waals surface area contributed by atoms with Crippen LogP contribution in [0.5, 0.6) is 0 Å². The average molecular weight is 248 g/mol. The molecular weight excluding hydrogens is 232 g/mol. The predicted molar refractivity (Wildman–Crippen MR) is 68.6 cm³/mol. The molecule has 0 radical (unpaired) electrons. The lowest BCUT2D eigenvalue weighted by molar-refractivity contribution is 0.0203. The number of aliphatic hydroxyl groups excluding tert-OH is 2. The standard InChI is InChI=1S/C13H16N2O3/c1-14-6-12(17)13(18)8-2-3-10-9(7-16)5-15-11(10)4-8/h2-5,7,12-15,17-18H,6H2,1H3. The first-order valence-electron chi connectivity index (χ1n) is 5.74. The Labute approximate surface area is 104 Å². The van der Waals surface area contributed by atoms with Gasteiger partial charge in [-0.3, -0.25) is 4.79 Å². The van der Waals surface area contributed by atoms with Gasteiger partial charge in [-0.2, -0.15) is 0 Å². The zero-order chi connectivity index (χ0) is 13.1. The number of benzene rings is 1. The molecule has 5 heteroatoms. The minimum absolute atomic E-state index is 0.309. The van der Waals surface area contributed by atoms with Gasteiger partial charge in [0.2, 0.25) is 0 Å². The van der Waals surface area contributed by atoms with E-state index in [1.54, 1.807) is 31.4 Å². The molecule has 0 saturated heterocycles. The van der Waals surface area contributed by atoms with Crippen LogP contribution < -0.4 is 5.32 Å². The molecule has 1 heterocycles. The summed E-state index contributed by atoms with van der Waals surface area (Å²) in [5, 5.41) is 23.3. The smallest absolute Gasteiger partial charge is 0.152 e. The molecule has 1 aromatic heterocycles. The van der Waals surface area contributed by atoms with E-state index in [2.05, 4.69) is 10.3 Å². The van der Waals surface area contributed by atoms with Gasteiger partial charge in [0.05, 0.1) is 6.10 Å². The van der Waals surface area contributed by atoms with Crippen molar-refractivity contribution in [2.75, 3.05) is 13.6 Å². The van der Waals surface area contributed by atoms with E-state index in [4.69, 9.17) is 0 Å². The Kier molecular flexibility index (Phi) is 3.76. The first kappa shape index (κ1) is 12.8. The first-order chi connectivity index (χ1) is 8.67. The van der Waals surface area contributed by atoms with Crippen molar-refractivity contribution in [3.05, 3.63) is 35.5 Å². The summed E-state index contributed by atoms with van der Waals surface area (Å²) in [6.45, 7) is 0.309. The van der Waals surface area contributed by atoms with Crippen molar-refractivity contribution in [3.8, 4) is 0 Å². The number of likely N-dealkylation sites (N-methyl/N-ethyl adjacent to an activating group) is 1. The summed E-state index contributed by atoms with van der Waals surface area (Å²) in [6.07, 6.45) is 0.584. The van der Waals surface area contributed by atoms with E-state index in [0.29, 0.717) is 17.7 Å². The highest BCUT2D eigenvalue weighted by molar-refractivity contribution is 5.97. The lowest BCUT2D eigenvalue weighted by Gasteiger charge is -2.17. The number of carbonyl (C=O) groups excluding carboxylic acids is 1. The fourth-order valence-corrected chi connectivity index (χ4v) is 1.99. The maximum atomic E-state index is 10.8. The van der Waals surface area contributed by atoms with Crippen LogP contribution in [0.1, 0.15) is 22.0 Å². The highest BCUT2D eigenvalue weighted by Crippen LogP contribution is 2.23. The Balaban J connectivity index is 2.32. The van der Waals surface area contributed by atoms with Crippen LogP contribution in [0.25, 0.3) is 10.9 Å². The maximum absolute atomic E-state index is 10.8. The molecule has 0 aliphatic heterocycles. The molecule has 0 aliphatic rings. The average Bonchev–Trinajstić information content (AvgIpc) is 2.80. The summed E-state index contributed by atoms with van der Waals surface area (Å²) < 4.78 is 0. The Hall–Kier alpha value is -1.69. The van der Waals surface area contributed by atoms with Crippen molar-refractivity contribution in [1.29, 1.82) is 0 Å². The van der Waals surface area contributed by atoms with Gasteiger partial charge in [-0.1, -0.05) is 12.1 Å². The third-order valence-electron chi connectivity index (χ3n) is 2.98. The van der Waals surface area contributed by atoms with E-state index >= 15 is 0 Å². The second-order valence-electron chi connectivity index (χ2n) is 4.24. The predicted octanol–water partition coefficient (Wildman–Crippen LogP) is 0.594. The van der Waals surface area contributed by atoms with Crippen LogP contribution in [0.15, 0.2) is 24.4 Å². The van der Waals surface area contributed by atoms with Crippen LogP contribution >= 0.6 is 0 Å². The van der Waals surface area contributed by atoms with Gasteiger partial charge in [0, 0.05) is 29.2 Å². The van der Waals surface area contributed by atoms with Crippen LogP contribution in [0.3, 0.4) is 0 Å². The van der Waals surface area contributed by atoms with E-state index < -0.39 is 12.2 Å². The number of rotatable bonds is 5. The molecule has 2 rings (SSSR count). The molecule has 0 bridgehead atoms. The molecule has 0 saturated carbocycles. The van der Waals surface area contributed by atoms with Gasteiger partial charge in [-0.15, -0.1) is 0 Å². The Morgan fingerprint density at radius 1 is 1.44 bits per heavy atom. The van der Waals surface area contributed by atoms with Gasteiger partial charge in [0.15, 0.2) is 6.29 Å². The van der Waals surface area contributed by atoms with Crippen molar-refractivity contribution in [2.24, 2.45) is 0 Å². The van der Waals surface area contributed by atoms with Crippen molar-refractivity contribution in [1.82, 2.24) is 10.3 Å². The van der Waals surface area contributed by atoms with E-state index in [1.807, 2.05) is 0 Å². The maximum Gasteiger partial charge on any atom is 0.152 e. The van der Waals surface area contributed by atoms with Crippen molar-refractivity contribution in [2.45, 2.75) is 12.2 Å². The van der Waals surface area contributed by atoms with Crippen molar-refractivity contribution < 1.29 is 15.0 Å². The van der Waals surface area contributed by atoms with E-state index in [9.17, 15) is 15.0 Å². The number of H-pyrrole nitrogens is 1. The topological polar surface area (TPSA) is 85.3 Å². The minimum Gasteiger partial charge on any atom is -0.389 e. The van der Waals surface area contributed by atoms with Crippen LogP contribution in [0.4, 0.5) is 0 Å². The molecule has 0 spiro atoms. The molecule has 4 N–H and O–H groups in total. The molecule has 1 aromatic carbocycles. The SMILES string of the molecule is CNCC(O)C(O)c1ccc2c(C=O)c[nH]c2c1. The largest absolute Gasteiger partial charge is 0.389 e. The fourth-order valence-electron chi connectivity index (χ4n) is 1.99. The number of nitrogens with one attached hydrogen (secondary N) is 2. The summed E-state index contributed by atoms with van der Waals surface area (Å²) >= 11 is 0. The van der Waals surface area contributed by atoms with Gasteiger partial charge in [0.25, 0.3) is 0 Å². The van der Waals surface area contributed by atoms with Crippen LogP contribution in [-0.4, -0.2) is 41.2 Å². The zero-order valence-corrected chi connectivity index (χ0v) is 10.1. The number of aromatic amines is 1. The van der Waals surface area contributed by atoms with Gasteiger partial charge < -0.3 is 20.5 Å². The number of carbonyl (C=O) groups is 1. The van der Waals surface area contributed by atoms with Gasteiger partial charge in [0.1, 0.15) is 6.10 Å². The number of aldehydes is 1. The van der Waals surface area contributed by atoms with Gasteiger partial charge in [-0.25, -0.2) is 0 Å². The third-order valence-corrected chi connectivity index (χ3v) is 2.98. The quantitative estimate of drug-likeness (QED) is 0.584. The summed E-state index contributed by atoms with van der Waals surface area (Å²) in [6, 6.07) is 5.22. The van der Waals surface area contributed by atoms with Crippen molar-refractivity contribution in [3.63, 3.8) is 0 Å². The summed E-state index contributed by atoms with van der Waals surface area (Å²) in [5.74, 6) is 0. The van der Waals surface area contributed by atoms with Crippen LogP contribution in [-0.2, 0) is 0 Å². The van der Waals surface area contributed by atoms with Crippen molar-refractivity contribution >= 4 is 17.2 Å². The van der Waals surface area contributed by atoms with Crippen LogP contribution in [0, 0.1) is 0 Å². The summed E-state index contributed by atoms with van der Waals surface area (Å²) in [7, 11) is 1.71. The fraction of sp³-hybridized carbons (Fsp3) is 0.308. The van der Waals surface area contributed by atoms with Gasteiger partial charge >= 0.3 is 0 Å². The normalized spacial score (nSPS) is 14.6. The number of aromatic nitrogens is 1. The minimum atomic E-state index is -0.954. The number of aliphatic hydroxyl groups is 2. The highest BCUT2D eigenvalue weighted by atomic mass is 16.3. The number of hydrogen-bond donors (Lipinski definition) is 4. The number of fused-ring (bicyclic) bond motifs is 1. The monoisotopic (exact) mass is 248 g/mol. The molecule has 96 valence electrons. The molecule has 0 aliphatic carbocycles. The molecule has 5 nitrogen and oxygen atoms in total. The van der Waals surface area contributed by atoms with Crippen LogP contribution in [0.2, 0.25) is 0 Å². The first-order valence-corrected chi connectivity index (χ1v) is 5.74. The Morgan fingerprint density at radius 3 is 2.89 bits per heavy atom.